The highest BCUT2D eigenvalue weighted by Gasteiger charge is 2.37. The van der Waals surface area contributed by atoms with Crippen molar-refractivity contribution >= 4 is 21.8 Å². The summed E-state index contributed by atoms with van der Waals surface area (Å²) in [5, 5.41) is 9.68. The minimum atomic E-state index is -4.32. The van der Waals surface area contributed by atoms with E-state index in [2.05, 4.69) is 5.92 Å². The van der Waals surface area contributed by atoms with Crippen LogP contribution in [0, 0.1) is 17.7 Å². The molecule has 6 nitrogen and oxygen atoms in total. The Morgan fingerprint density at radius 3 is 2.89 bits per heavy atom. The van der Waals surface area contributed by atoms with E-state index >= 15 is 0 Å². The molecule has 1 saturated heterocycles. The highest BCUT2D eigenvalue weighted by Crippen LogP contribution is 2.34. The van der Waals surface area contributed by atoms with Gasteiger partial charge in [0.05, 0.1) is 5.56 Å². The van der Waals surface area contributed by atoms with Crippen molar-refractivity contribution in [3.8, 4) is 17.6 Å². The van der Waals surface area contributed by atoms with Gasteiger partial charge in [0.15, 0.2) is 5.82 Å². The number of carbonyl (C=O) groups is 1. The number of phenolic OH excluding ortho intramolecular Hbond substituents is 1. The van der Waals surface area contributed by atoms with Crippen molar-refractivity contribution in [3.05, 3.63) is 23.5 Å². The summed E-state index contributed by atoms with van der Waals surface area (Å²) in [6.45, 7) is -3.33. The summed E-state index contributed by atoms with van der Waals surface area (Å²) in [4.78, 5) is 11.2. The number of halogens is 1. The van der Waals surface area contributed by atoms with Crippen LogP contribution in [0.1, 0.15) is 16.5 Å². The highest BCUT2D eigenvalue weighted by atomic mass is 32.2. The number of benzene rings is 1. The van der Waals surface area contributed by atoms with E-state index in [1.54, 1.807) is 4.72 Å². The number of hydrogen-bond donors (Lipinski definition) is 2. The van der Waals surface area contributed by atoms with E-state index in [1.165, 1.54) is 0 Å². The molecule has 2 rings (SSSR count). The van der Waals surface area contributed by atoms with Crippen LogP contribution in [0.5, 0.6) is 5.75 Å². The lowest BCUT2D eigenvalue weighted by atomic mass is 10.1. The van der Waals surface area contributed by atoms with E-state index in [-0.39, 0.29) is 0 Å². The smallest absolute Gasteiger partial charge is 0.326 e. The van der Waals surface area contributed by atoms with Crippen LogP contribution in [-0.2, 0) is 15.0 Å². The molecule has 1 aliphatic heterocycles. The van der Waals surface area contributed by atoms with E-state index in [4.69, 9.17) is 4.11 Å². The Morgan fingerprint density at radius 2 is 2.32 bits per heavy atom. The predicted octanol–water partition coefficient (Wildman–Crippen LogP) is 0.0837. The number of carbonyl (C=O) groups excluding carboxylic acids is 1. The second kappa shape index (κ2) is 4.44. The molecule has 0 bridgehead atoms. The number of hydrogen-bond acceptors (Lipinski definition) is 4. The maximum atomic E-state index is 14.3. The number of rotatable bonds is 1. The summed E-state index contributed by atoms with van der Waals surface area (Å²) in [7, 11) is -4.32. The van der Waals surface area contributed by atoms with Gasteiger partial charge in [-0.15, -0.1) is 5.92 Å². The minimum absolute atomic E-state index is 0.348. The van der Waals surface area contributed by atoms with Crippen LogP contribution in [0.2, 0.25) is 0 Å². The second-order valence-electron chi connectivity index (χ2n) is 3.58. The predicted molar refractivity (Wildman–Crippen MR) is 65.0 cm³/mol. The zero-order valence-electron chi connectivity index (χ0n) is 12.3. The summed E-state index contributed by atoms with van der Waals surface area (Å²) in [5.74, 6) is 1.03. The maximum Gasteiger partial charge on any atom is 0.326 e. The minimum Gasteiger partial charge on any atom is -0.506 e. The molecule has 1 aromatic rings. The zero-order chi connectivity index (χ0) is 16.7. The molecular weight excluding hydrogens is 275 g/mol. The van der Waals surface area contributed by atoms with Crippen molar-refractivity contribution in [1.82, 2.24) is 4.72 Å². The lowest BCUT2D eigenvalue weighted by molar-refractivity contribution is -0.117. The van der Waals surface area contributed by atoms with Gasteiger partial charge in [-0.3, -0.25) is 4.79 Å². The fourth-order valence-corrected chi connectivity index (χ4v) is 2.77. The molecule has 0 radical (unpaired) electrons. The zero-order valence-corrected chi connectivity index (χ0v) is 10.1. The van der Waals surface area contributed by atoms with Gasteiger partial charge in [-0.25, -0.2) is 13.4 Å². The third-order valence-electron chi connectivity index (χ3n) is 2.36. The molecule has 0 aromatic heterocycles. The van der Waals surface area contributed by atoms with Crippen LogP contribution in [0.4, 0.5) is 10.1 Å². The topological polar surface area (TPSA) is 86.7 Å². The SMILES string of the molecule is [2H]C([2H])([2H])C#Cc1ccc(O)c(N2CC(=O)NS2(=O)=O)c1F. The fourth-order valence-electron chi connectivity index (χ4n) is 1.60. The van der Waals surface area contributed by atoms with E-state index in [1.807, 2.05) is 5.92 Å². The Hall–Kier alpha value is -2.27. The van der Waals surface area contributed by atoms with E-state index in [0.29, 0.717) is 4.31 Å². The first-order chi connectivity index (χ1) is 10.0. The Kier molecular flexibility index (Phi) is 2.25. The molecule has 1 aliphatic rings. The van der Waals surface area contributed by atoms with Crippen molar-refractivity contribution in [2.24, 2.45) is 0 Å². The first kappa shape index (κ1) is 9.63. The van der Waals surface area contributed by atoms with Crippen molar-refractivity contribution in [2.75, 3.05) is 10.8 Å². The second-order valence-corrected chi connectivity index (χ2v) is 5.18. The quantitative estimate of drug-likeness (QED) is 0.716. The Balaban J connectivity index is 2.58. The van der Waals surface area contributed by atoms with Gasteiger partial charge < -0.3 is 5.11 Å². The summed E-state index contributed by atoms with van der Waals surface area (Å²) in [6, 6.07) is 1.96. The lowest BCUT2D eigenvalue weighted by Crippen LogP contribution is -2.30. The van der Waals surface area contributed by atoms with Gasteiger partial charge in [-0.1, -0.05) is 5.92 Å². The van der Waals surface area contributed by atoms with Crippen LogP contribution in [0.15, 0.2) is 12.1 Å². The van der Waals surface area contributed by atoms with Crippen LogP contribution in [0.25, 0.3) is 0 Å². The van der Waals surface area contributed by atoms with Crippen LogP contribution < -0.4 is 9.03 Å². The molecule has 1 amide bonds. The van der Waals surface area contributed by atoms with Gasteiger partial charge in [0.25, 0.3) is 5.91 Å². The Bertz CT molecular complexity index is 811. The van der Waals surface area contributed by atoms with Crippen LogP contribution >= 0.6 is 0 Å². The summed E-state index contributed by atoms with van der Waals surface area (Å²) in [6.07, 6.45) is 0. The van der Waals surface area contributed by atoms with Gasteiger partial charge in [-0.05, 0) is 19.0 Å². The van der Waals surface area contributed by atoms with E-state index in [0.717, 1.165) is 12.1 Å². The molecule has 1 fully saturated rings. The Morgan fingerprint density at radius 1 is 1.58 bits per heavy atom. The van der Waals surface area contributed by atoms with Crippen LogP contribution in [0.3, 0.4) is 0 Å². The van der Waals surface area contributed by atoms with Crippen molar-refractivity contribution < 1.29 is 26.8 Å². The van der Waals surface area contributed by atoms with E-state index < -0.39 is 52.3 Å². The molecule has 0 aliphatic carbocycles. The molecule has 8 heteroatoms. The largest absolute Gasteiger partial charge is 0.506 e. The molecule has 19 heavy (non-hydrogen) atoms. The number of anilines is 1. The normalized spacial score (nSPS) is 19.7. The number of nitrogens with one attached hydrogen (secondary N) is 1. The first-order valence-electron chi connectivity index (χ1n) is 6.39. The standard InChI is InChI=1S/C11H9FN2O4S/c1-2-3-7-4-5-8(15)11(10(7)12)14-6-9(16)13-19(14,17)18/h4-5,15H,6H2,1H3,(H,13,16)/i1D3. The van der Waals surface area contributed by atoms with Gasteiger partial charge in [0.2, 0.25) is 0 Å². The number of nitrogens with zero attached hydrogens (tertiary/aromatic N) is 1. The summed E-state index contributed by atoms with van der Waals surface area (Å²) < 4.78 is 60.5. The average Bonchev–Trinajstić information content (AvgIpc) is 2.60. The first-order valence-corrected chi connectivity index (χ1v) is 6.33. The van der Waals surface area contributed by atoms with Gasteiger partial charge in [0.1, 0.15) is 18.0 Å². The molecule has 0 unspecified atom stereocenters. The third-order valence-corrected chi connectivity index (χ3v) is 3.74. The van der Waals surface area contributed by atoms with Crippen molar-refractivity contribution in [2.45, 2.75) is 6.85 Å². The average molecular weight is 287 g/mol. The van der Waals surface area contributed by atoms with Crippen molar-refractivity contribution in [3.63, 3.8) is 0 Å². The fraction of sp³-hybridized carbons (Fsp3) is 0.182. The highest BCUT2D eigenvalue weighted by molar-refractivity contribution is 7.92. The number of aromatic hydroxyl groups is 1. The van der Waals surface area contributed by atoms with Gasteiger partial charge >= 0.3 is 10.2 Å². The Labute approximate surface area is 113 Å². The monoisotopic (exact) mass is 287 g/mol. The summed E-state index contributed by atoms with van der Waals surface area (Å²) >= 11 is 0. The van der Waals surface area contributed by atoms with Gasteiger partial charge in [-0.2, -0.15) is 8.42 Å². The molecule has 0 saturated carbocycles. The molecular formula is C11H9FN2O4S. The van der Waals surface area contributed by atoms with Gasteiger partial charge in [0, 0.05) is 4.11 Å². The van der Waals surface area contributed by atoms with E-state index in [9.17, 15) is 22.7 Å². The molecule has 0 spiro atoms. The molecule has 0 atom stereocenters. The third kappa shape index (κ3) is 2.20. The molecule has 1 aromatic carbocycles. The number of phenols is 1. The van der Waals surface area contributed by atoms with Crippen LogP contribution in [-0.4, -0.2) is 26.0 Å². The molecule has 2 N–H and O–H groups in total. The lowest BCUT2D eigenvalue weighted by Gasteiger charge is -2.17. The molecule has 100 valence electrons. The van der Waals surface area contributed by atoms with Crippen molar-refractivity contribution in [1.29, 1.82) is 0 Å². The summed E-state index contributed by atoms with van der Waals surface area (Å²) in [5.41, 5.74) is -1.19. The maximum absolute atomic E-state index is 14.3. The molecule has 1 heterocycles. The number of amides is 1.